The molecule has 1 aromatic carbocycles. The van der Waals surface area contributed by atoms with Crippen molar-refractivity contribution >= 4 is 32.2 Å². The van der Waals surface area contributed by atoms with Crippen molar-refractivity contribution in [2.75, 3.05) is 0 Å². The molecule has 1 aromatic rings. The van der Waals surface area contributed by atoms with Crippen LogP contribution < -0.4 is 0 Å². The molecule has 0 aliphatic rings. The van der Waals surface area contributed by atoms with Crippen molar-refractivity contribution in [3.05, 3.63) is 23.3 Å². The Morgan fingerprint density at radius 3 is 1.35 bits per heavy atom. The zero-order chi connectivity index (χ0) is 15.9. The summed E-state index contributed by atoms with van der Waals surface area (Å²) in [7, 11) is -10.5. The molecule has 12 heteroatoms. The number of hydrogen-bond donors (Lipinski definition) is 4. The van der Waals surface area contributed by atoms with Gasteiger partial charge in [0.15, 0.2) is 0 Å². The molecular weight excluding hydrogens is 320 g/mol. The number of carboxylic acids is 2. The first kappa shape index (κ1) is 16.0. The molecule has 20 heavy (non-hydrogen) atoms. The van der Waals surface area contributed by atoms with Gasteiger partial charge in [-0.25, -0.2) is 9.59 Å². The first-order valence-electron chi connectivity index (χ1n) is 4.45. The van der Waals surface area contributed by atoms with E-state index in [1.807, 2.05) is 0 Å². The van der Waals surface area contributed by atoms with Crippen molar-refractivity contribution in [3.8, 4) is 0 Å². The fourth-order valence-electron chi connectivity index (χ4n) is 1.33. The second kappa shape index (κ2) is 4.82. The van der Waals surface area contributed by atoms with Crippen LogP contribution in [0.3, 0.4) is 0 Å². The van der Waals surface area contributed by atoms with Crippen LogP contribution in [0.2, 0.25) is 0 Å². The molecule has 0 heterocycles. The molecule has 1 rings (SSSR count). The molecule has 0 bridgehead atoms. The van der Waals surface area contributed by atoms with Gasteiger partial charge in [-0.15, -0.1) is 0 Å². The highest BCUT2D eigenvalue weighted by Gasteiger charge is 2.31. The van der Waals surface area contributed by atoms with Crippen LogP contribution >= 0.6 is 0 Å². The number of hydrogen-bond acceptors (Lipinski definition) is 6. The number of carboxylic acid groups (broad SMARTS) is 2. The van der Waals surface area contributed by atoms with Gasteiger partial charge < -0.3 is 10.2 Å². The first-order valence-corrected chi connectivity index (χ1v) is 7.33. The van der Waals surface area contributed by atoms with E-state index in [-0.39, 0.29) is 12.1 Å². The largest absolute Gasteiger partial charge is 0.478 e. The zero-order valence-electron chi connectivity index (χ0n) is 9.21. The lowest BCUT2D eigenvalue weighted by atomic mass is 10.1. The van der Waals surface area contributed by atoms with Crippen molar-refractivity contribution in [3.63, 3.8) is 0 Å². The highest BCUT2D eigenvalue weighted by atomic mass is 32.2. The minimum atomic E-state index is -5.24. The molecule has 0 atom stereocenters. The normalized spacial score (nSPS) is 12.1. The predicted molar refractivity (Wildman–Crippen MR) is 60.0 cm³/mol. The van der Waals surface area contributed by atoms with E-state index < -0.39 is 53.1 Å². The van der Waals surface area contributed by atoms with Gasteiger partial charge in [0.05, 0.1) is 5.56 Å². The summed E-state index contributed by atoms with van der Waals surface area (Å²) in [6.45, 7) is 0. The SMILES string of the molecule is O=C(O)c1cc(S(=O)(=O)O)c(C(=O)O)c(S(=O)(=O)O)c1. The Labute approximate surface area is 111 Å². The maximum absolute atomic E-state index is 11.0. The molecule has 110 valence electrons. The predicted octanol–water partition coefficient (Wildman–Crippen LogP) is -0.424. The summed E-state index contributed by atoms with van der Waals surface area (Å²) in [4.78, 5) is 18.7. The lowest BCUT2D eigenvalue weighted by molar-refractivity contribution is 0.0673. The average molecular weight is 326 g/mol. The highest BCUT2D eigenvalue weighted by molar-refractivity contribution is 7.86. The number of benzene rings is 1. The lowest BCUT2D eigenvalue weighted by Gasteiger charge is -2.09. The minimum Gasteiger partial charge on any atom is -0.478 e. The van der Waals surface area contributed by atoms with Gasteiger partial charge in [0.2, 0.25) is 0 Å². The van der Waals surface area contributed by atoms with Gasteiger partial charge in [-0.3, -0.25) is 9.11 Å². The Hall–Kier alpha value is -2.02. The molecule has 4 N–H and O–H groups in total. The fraction of sp³-hybridized carbons (Fsp3) is 0. The van der Waals surface area contributed by atoms with Crippen molar-refractivity contribution < 1.29 is 45.7 Å². The molecule has 0 spiro atoms. The third-order valence-electron chi connectivity index (χ3n) is 2.08. The third kappa shape index (κ3) is 3.11. The summed E-state index contributed by atoms with van der Waals surface area (Å²) < 4.78 is 61.8. The summed E-state index contributed by atoms with van der Waals surface area (Å²) in [5, 5.41) is 17.5. The number of carbonyl (C=O) groups is 2. The number of aromatic carboxylic acids is 2. The van der Waals surface area contributed by atoms with E-state index in [0.717, 1.165) is 0 Å². The van der Waals surface area contributed by atoms with Gasteiger partial charge in [-0.05, 0) is 12.1 Å². The Balaban J connectivity index is 4.07. The third-order valence-corrected chi connectivity index (χ3v) is 3.84. The van der Waals surface area contributed by atoms with E-state index in [1.54, 1.807) is 0 Å². The van der Waals surface area contributed by atoms with E-state index in [2.05, 4.69) is 0 Å². The van der Waals surface area contributed by atoms with Gasteiger partial charge in [0.25, 0.3) is 20.2 Å². The summed E-state index contributed by atoms with van der Waals surface area (Å²) in [5.41, 5.74) is -2.41. The van der Waals surface area contributed by atoms with Gasteiger partial charge in [-0.1, -0.05) is 0 Å². The molecule has 0 fully saturated rings. The lowest BCUT2D eigenvalue weighted by Crippen LogP contribution is -2.16. The van der Waals surface area contributed by atoms with Gasteiger partial charge in [-0.2, -0.15) is 16.8 Å². The quantitative estimate of drug-likeness (QED) is 0.529. The Morgan fingerprint density at radius 2 is 1.15 bits per heavy atom. The second-order valence-corrected chi connectivity index (χ2v) is 6.19. The molecule has 0 aliphatic carbocycles. The maximum Gasteiger partial charge on any atom is 0.338 e. The Bertz CT molecular complexity index is 749. The summed E-state index contributed by atoms with van der Waals surface area (Å²) in [6.07, 6.45) is 0. The van der Waals surface area contributed by atoms with E-state index >= 15 is 0 Å². The van der Waals surface area contributed by atoms with E-state index in [4.69, 9.17) is 19.3 Å². The molecule has 10 nitrogen and oxygen atoms in total. The van der Waals surface area contributed by atoms with Gasteiger partial charge in [0, 0.05) is 0 Å². The summed E-state index contributed by atoms with van der Waals surface area (Å²) >= 11 is 0. The van der Waals surface area contributed by atoms with Crippen LogP contribution in [0, 0.1) is 0 Å². The minimum absolute atomic E-state index is 0.260. The highest BCUT2D eigenvalue weighted by Crippen LogP contribution is 2.26. The summed E-state index contributed by atoms with van der Waals surface area (Å²) in [6, 6.07) is 0.519. The van der Waals surface area contributed by atoms with Crippen LogP contribution in [0.25, 0.3) is 0 Å². The van der Waals surface area contributed by atoms with Crippen LogP contribution in [0.4, 0.5) is 0 Å². The van der Waals surface area contributed by atoms with Gasteiger partial charge >= 0.3 is 11.9 Å². The van der Waals surface area contributed by atoms with E-state index in [1.165, 1.54) is 0 Å². The topological polar surface area (TPSA) is 183 Å². The van der Waals surface area contributed by atoms with Crippen LogP contribution in [0.15, 0.2) is 21.9 Å². The number of rotatable bonds is 4. The van der Waals surface area contributed by atoms with Crippen molar-refractivity contribution in [2.24, 2.45) is 0 Å². The van der Waals surface area contributed by atoms with E-state index in [0.29, 0.717) is 0 Å². The molecular formula is C8H6O10S2. The molecule has 0 amide bonds. The Kier molecular flexibility index (Phi) is 3.87. The van der Waals surface area contributed by atoms with Crippen LogP contribution in [0.1, 0.15) is 20.7 Å². The van der Waals surface area contributed by atoms with Crippen molar-refractivity contribution in [2.45, 2.75) is 9.79 Å². The second-order valence-electron chi connectivity index (χ2n) is 3.41. The summed E-state index contributed by atoms with van der Waals surface area (Å²) in [5.74, 6) is -3.89. The molecule has 0 aliphatic heterocycles. The molecule has 0 aromatic heterocycles. The first-order chi connectivity index (χ1) is 8.85. The zero-order valence-corrected chi connectivity index (χ0v) is 10.8. The maximum atomic E-state index is 11.0. The average Bonchev–Trinajstić information content (AvgIpc) is 2.24. The van der Waals surface area contributed by atoms with Crippen molar-refractivity contribution in [1.29, 1.82) is 0 Å². The van der Waals surface area contributed by atoms with E-state index in [9.17, 15) is 26.4 Å². The van der Waals surface area contributed by atoms with Crippen molar-refractivity contribution in [1.82, 2.24) is 0 Å². The smallest absolute Gasteiger partial charge is 0.338 e. The van der Waals surface area contributed by atoms with Crippen LogP contribution in [0.5, 0.6) is 0 Å². The van der Waals surface area contributed by atoms with Gasteiger partial charge in [0.1, 0.15) is 15.4 Å². The molecule has 0 unspecified atom stereocenters. The molecule has 0 saturated heterocycles. The molecule has 0 radical (unpaired) electrons. The van der Waals surface area contributed by atoms with Crippen LogP contribution in [-0.4, -0.2) is 48.1 Å². The fourth-order valence-corrected chi connectivity index (χ4v) is 2.86. The monoisotopic (exact) mass is 326 g/mol. The van der Waals surface area contributed by atoms with Crippen LogP contribution in [-0.2, 0) is 20.2 Å². The Morgan fingerprint density at radius 1 is 0.800 bits per heavy atom. The molecule has 0 saturated carbocycles. The standard InChI is InChI=1S/C8H6O10S2/c9-7(10)3-1-4(19(13,14)15)6(8(11)12)5(2-3)20(16,17)18/h1-2H,(H,9,10)(H,11,12)(H,13,14,15)(H,16,17,18).